The number of fused-ring (bicyclic) bond motifs is 1. The van der Waals surface area contributed by atoms with Crippen LogP contribution in [-0.2, 0) is 22.9 Å². The standard InChI is InChI=1S/C19H36N8O5P2/c1-8-30-34(29,25(6)7)26-9-15(11-31-33(28,14(2)3)24(4)5)32-16(10-26)27-13-23-17-18(20)21-12-22-19(17)27/h12-16H,8-11H2,1-7H3,(H2,20,21,22)/t15-,16+,33?,34?/m0/s1. The summed E-state index contributed by atoms with van der Waals surface area (Å²) in [4.78, 5) is 12.6. The number of rotatable bonds is 10. The van der Waals surface area contributed by atoms with E-state index in [0.29, 0.717) is 11.2 Å². The van der Waals surface area contributed by atoms with Crippen LogP contribution in [0, 0.1) is 0 Å². The van der Waals surface area contributed by atoms with Gasteiger partial charge in [0.1, 0.15) is 18.1 Å². The number of anilines is 1. The average molecular weight is 518 g/mol. The summed E-state index contributed by atoms with van der Waals surface area (Å²) in [6, 6.07) is 0. The number of ether oxygens (including phenoxy) is 1. The first-order valence-corrected chi connectivity index (χ1v) is 14.3. The van der Waals surface area contributed by atoms with Gasteiger partial charge in [-0.2, -0.15) is 0 Å². The molecule has 2 aromatic heterocycles. The van der Waals surface area contributed by atoms with Crippen LogP contribution in [0.4, 0.5) is 5.82 Å². The minimum absolute atomic E-state index is 0.0456. The van der Waals surface area contributed by atoms with E-state index in [9.17, 15) is 9.13 Å². The zero-order chi connectivity index (χ0) is 25.3. The van der Waals surface area contributed by atoms with Gasteiger partial charge in [0, 0.05) is 12.2 Å². The molecule has 0 radical (unpaired) electrons. The number of imidazole rings is 1. The molecule has 1 saturated heterocycles. The molecular formula is C19H36N8O5P2. The lowest BCUT2D eigenvalue weighted by molar-refractivity contribution is -0.116. The summed E-state index contributed by atoms with van der Waals surface area (Å²) >= 11 is 0. The number of aromatic nitrogens is 4. The van der Waals surface area contributed by atoms with Crippen molar-refractivity contribution in [3.05, 3.63) is 12.7 Å². The number of nitrogens with zero attached hydrogens (tertiary/aromatic N) is 7. The molecule has 1 fully saturated rings. The summed E-state index contributed by atoms with van der Waals surface area (Å²) in [6.45, 7) is 6.35. The highest BCUT2D eigenvalue weighted by Gasteiger charge is 2.43. The lowest BCUT2D eigenvalue weighted by atomic mass is 10.3. The lowest BCUT2D eigenvalue weighted by Gasteiger charge is -2.43. The van der Waals surface area contributed by atoms with Gasteiger partial charge < -0.3 is 19.5 Å². The second kappa shape index (κ2) is 10.7. The predicted molar refractivity (Wildman–Crippen MR) is 131 cm³/mol. The topological polar surface area (TPSA) is 141 Å². The van der Waals surface area contributed by atoms with E-state index in [4.69, 9.17) is 19.5 Å². The van der Waals surface area contributed by atoms with Gasteiger partial charge in [-0.05, 0) is 35.1 Å². The fourth-order valence-corrected chi connectivity index (χ4v) is 7.67. The van der Waals surface area contributed by atoms with Crippen LogP contribution in [0.25, 0.3) is 11.2 Å². The van der Waals surface area contributed by atoms with Crippen LogP contribution in [-0.4, -0.2) is 99.8 Å². The number of hydrogen-bond acceptors (Lipinski definition) is 9. The Hall–Kier alpha value is -1.43. The number of morpholine rings is 1. The molecule has 3 heterocycles. The molecule has 13 nitrogen and oxygen atoms in total. The smallest absolute Gasteiger partial charge is 0.345 e. The molecule has 0 aromatic carbocycles. The van der Waals surface area contributed by atoms with Crippen molar-refractivity contribution in [2.75, 3.05) is 60.2 Å². The molecule has 15 heteroatoms. The largest absolute Gasteiger partial charge is 0.382 e. The molecule has 0 aliphatic carbocycles. The van der Waals surface area contributed by atoms with Crippen LogP contribution in [0.1, 0.15) is 27.0 Å². The van der Waals surface area contributed by atoms with E-state index < -0.39 is 27.5 Å². The van der Waals surface area contributed by atoms with Crippen molar-refractivity contribution in [1.82, 2.24) is 33.5 Å². The Kier molecular flexibility index (Phi) is 8.53. The van der Waals surface area contributed by atoms with E-state index in [0.717, 1.165) is 0 Å². The summed E-state index contributed by atoms with van der Waals surface area (Å²) in [5.74, 6) is 0.258. The normalized spacial score (nSPS) is 23.6. The van der Waals surface area contributed by atoms with Crippen molar-refractivity contribution in [2.45, 2.75) is 38.8 Å². The van der Waals surface area contributed by atoms with Crippen molar-refractivity contribution >= 4 is 32.2 Å². The first-order valence-electron chi connectivity index (χ1n) is 11.1. The molecule has 0 bridgehead atoms. The molecule has 4 atom stereocenters. The van der Waals surface area contributed by atoms with Gasteiger partial charge in [-0.3, -0.25) is 13.7 Å². The van der Waals surface area contributed by atoms with Crippen molar-refractivity contribution < 1.29 is 22.9 Å². The highest BCUT2D eigenvalue weighted by molar-refractivity contribution is 7.57. The molecule has 0 saturated carbocycles. The number of nitrogen functional groups attached to an aromatic ring is 1. The summed E-state index contributed by atoms with van der Waals surface area (Å²) in [6.07, 6.45) is 1.77. The van der Waals surface area contributed by atoms with Gasteiger partial charge >= 0.3 is 7.67 Å². The third-order valence-corrected chi connectivity index (χ3v) is 11.2. The van der Waals surface area contributed by atoms with Crippen LogP contribution in [0.3, 0.4) is 0 Å². The molecule has 34 heavy (non-hydrogen) atoms. The van der Waals surface area contributed by atoms with Gasteiger partial charge in [0.25, 0.3) is 7.52 Å². The number of hydrogen-bond donors (Lipinski definition) is 1. The molecule has 1 aliphatic rings. The molecule has 1 aliphatic heterocycles. The highest BCUT2D eigenvalue weighted by Crippen LogP contribution is 2.56. The maximum Gasteiger partial charge on any atom is 0.345 e. The summed E-state index contributed by atoms with van der Waals surface area (Å²) in [7, 11) is 0.455. The van der Waals surface area contributed by atoms with E-state index >= 15 is 0 Å². The highest BCUT2D eigenvalue weighted by atomic mass is 31.2. The Morgan fingerprint density at radius 3 is 2.44 bits per heavy atom. The molecule has 0 amide bonds. The fraction of sp³-hybridized carbons (Fsp3) is 0.737. The Balaban J connectivity index is 1.96. The van der Waals surface area contributed by atoms with Crippen LogP contribution < -0.4 is 5.73 Å². The Bertz CT molecular complexity index is 1070. The minimum Gasteiger partial charge on any atom is -0.382 e. The number of nitrogens with two attached hydrogens (primary N) is 1. The van der Waals surface area contributed by atoms with Crippen molar-refractivity contribution in [1.29, 1.82) is 0 Å². The first-order chi connectivity index (χ1) is 15.9. The second-order valence-corrected chi connectivity index (χ2v) is 14.5. The van der Waals surface area contributed by atoms with Crippen molar-refractivity contribution in [3.8, 4) is 0 Å². The molecule has 2 N–H and O–H groups in total. The Morgan fingerprint density at radius 1 is 1.15 bits per heavy atom. The summed E-state index contributed by atoms with van der Waals surface area (Å²) in [5, 5.41) is 0. The Morgan fingerprint density at radius 2 is 1.85 bits per heavy atom. The van der Waals surface area contributed by atoms with Crippen molar-refractivity contribution in [2.24, 2.45) is 0 Å². The quantitative estimate of drug-likeness (QED) is 0.462. The van der Waals surface area contributed by atoms with Crippen LogP contribution in [0.5, 0.6) is 0 Å². The van der Waals surface area contributed by atoms with E-state index in [1.165, 1.54) is 6.33 Å². The third-order valence-electron chi connectivity index (χ3n) is 5.64. The zero-order valence-electron chi connectivity index (χ0n) is 20.9. The molecule has 0 spiro atoms. The van der Waals surface area contributed by atoms with E-state index in [1.54, 1.807) is 60.0 Å². The van der Waals surface area contributed by atoms with Gasteiger partial charge in [-0.25, -0.2) is 29.0 Å². The molecule has 2 unspecified atom stereocenters. The van der Waals surface area contributed by atoms with E-state index in [2.05, 4.69) is 15.0 Å². The SMILES string of the molecule is CCOP(=O)(N(C)C)N1C[C@@H](COP(=O)(C(C)C)N(C)C)O[C@@H](n2cnc3c(N)ncnc32)C1. The van der Waals surface area contributed by atoms with Crippen molar-refractivity contribution in [3.63, 3.8) is 0 Å². The summed E-state index contributed by atoms with van der Waals surface area (Å²) < 4.78 is 52.0. The van der Waals surface area contributed by atoms with Crippen LogP contribution >= 0.6 is 15.2 Å². The van der Waals surface area contributed by atoms with E-state index in [1.807, 2.05) is 13.8 Å². The average Bonchev–Trinajstić information content (AvgIpc) is 3.22. The molecule has 2 aromatic rings. The summed E-state index contributed by atoms with van der Waals surface area (Å²) in [5.41, 5.74) is 6.70. The van der Waals surface area contributed by atoms with Gasteiger partial charge in [0.15, 0.2) is 11.5 Å². The predicted octanol–water partition coefficient (Wildman–Crippen LogP) is 2.49. The maximum absolute atomic E-state index is 13.9. The second-order valence-electron chi connectivity index (χ2n) is 8.72. The Labute approximate surface area is 200 Å². The lowest BCUT2D eigenvalue weighted by Crippen LogP contribution is -2.47. The van der Waals surface area contributed by atoms with Gasteiger partial charge in [-0.15, -0.1) is 0 Å². The zero-order valence-corrected chi connectivity index (χ0v) is 22.6. The first kappa shape index (κ1) is 27.2. The monoisotopic (exact) mass is 518 g/mol. The minimum atomic E-state index is -3.36. The van der Waals surface area contributed by atoms with Crippen LogP contribution in [0.2, 0.25) is 0 Å². The van der Waals surface area contributed by atoms with E-state index in [-0.39, 0.29) is 37.8 Å². The van der Waals surface area contributed by atoms with Crippen LogP contribution in [0.15, 0.2) is 12.7 Å². The van der Waals surface area contributed by atoms with Gasteiger partial charge in [-0.1, -0.05) is 13.8 Å². The molecule has 192 valence electrons. The fourth-order valence-electron chi connectivity index (χ4n) is 3.87. The molecular weight excluding hydrogens is 482 g/mol. The van der Waals surface area contributed by atoms with Gasteiger partial charge in [0.2, 0.25) is 0 Å². The van der Waals surface area contributed by atoms with Gasteiger partial charge in [0.05, 0.1) is 32.2 Å². The maximum atomic E-state index is 13.9. The molecule has 3 rings (SSSR count). The third kappa shape index (κ3) is 5.22.